The number of unbranched alkanes of at least 4 members (excludes halogenated alkanes) is 3. The van der Waals surface area contributed by atoms with Gasteiger partial charge < -0.3 is 0 Å². The van der Waals surface area contributed by atoms with Gasteiger partial charge in [0.25, 0.3) is 0 Å². The van der Waals surface area contributed by atoms with Crippen molar-refractivity contribution in [1.29, 1.82) is 0 Å². The van der Waals surface area contributed by atoms with E-state index in [0.717, 1.165) is 36.4 Å². The van der Waals surface area contributed by atoms with Crippen LogP contribution < -0.4 is 4.74 Å². The van der Waals surface area contributed by atoms with Crippen LogP contribution >= 0.6 is 0 Å². The molecule has 1 aromatic carbocycles. The fraction of sp³-hybridized carbons (Fsp3) is 0.714. The fourth-order valence-corrected chi connectivity index (χ4v) is 19.5. The van der Waals surface area contributed by atoms with Gasteiger partial charge in [-0.05, 0) is 0 Å². The van der Waals surface area contributed by atoms with Gasteiger partial charge in [-0.15, -0.1) is 0 Å². The molecule has 0 fully saturated rings. The number of hydrogen-bond donors (Lipinski definition) is 0. The van der Waals surface area contributed by atoms with Gasteiger partial charge >= 0.3 is 196 Å². The molecule has 2 rings (SSSR count). The molecular formula is C28H49NO2Sn. The molecule has 32 heavy (non-hydrogen) atoms. The molecule has 1 unspecified atom stereocenters. The summed E-state index contributed by atoms with van der Waals surface area (Å²) >= 11 is -2.23. The third-order valence-corrected chi connectivity index (χ3v) is 21.5. The van der Waals surface area contributed by atoms with Gasteiger partial charge in [-0.2, -0.15) is 0 Å². The summed E-state index contributed by atoms with van der Waals surface area (Å²) in [6, 6.07) is 8.51. The van der Waals surface area contributed by atoms with Crippen LogP contribution in [0.25, 0.3) is 0 Å². The second-order valence-electron chi connectivity index (χ2n) is 9.89. The Labute approximate surface area is 202 Å². The zero-order chi connectivity index (χ0) is 23.2. The Morgan fingerprint density at radius 2 is 1.53 bits per heavy atom. The predicted octanol–water partition coefficient (Wildman–Crippen LogP) is 7.62. The third-order valence-electron chi connectivity index (χ3n) is 7.17. The van der Waals surface area contributed by atoms with E-state index in [0.29, 0.717) is 0 Å². The average molecular weight is 550 g/mol. The SMILES string of the molecule is CCC[CH2][Sn]([CH2]CCC)([CH2]CCC)[CH2]OC(C)C1=CCCN(Cc2ccc(OC)cc2)C1. The van der Waals surface area contributed by atoms with Crippen molar-refractivity contribution in [1.82, 2.24) is 4.90 Å². The Hall–Kier alpha value is -0.521. The van der Waals surface area contributed by atoms with Gasteiger partial charge in [0.2, 0.25) is 0 Å². The summed E-state index contributed by atoms with van der Waals surface area (Å²) in [6.07, 6.45) is 12.1. The number of rotatable bonds is 16. The molecule has 0 saturated carbocycles. The maximum absolute atomic E-state index is 6.75. The standard InChI is InChI=1S/C16H22NO2.3C4H9.Sn/c1-13(18-2)15-5-4-10-17(12-15)11-14-6-8-16(19-3)9-7-14;3*1-3-4-2;/h5-9,13H,2,4,10-12H2,1,3H3;3*1,3-4H2,2H3;. The van der Waals surface area contributed by atoms with Gasteiger partial charge in [0, 0.05) is 0 Å². The van der Waals surface area contributed by atoms with E-state index in [1.165, 1.54) is 63.0 Å². The summed E-state index contributed by atoms with van der Waals surface area (Å²) in [5.74, 6) is 0.930. The van der Waals surface area contributed by atoms with E-state index in [2.05, 4.69) is 62.9 Å². The minimum absolute atomic E-state index is 0.259. The van der Waals surface area contributed by atoms with Crippen LogP contribution in [0.2, 0.25) is 13.3 Å². The van der Waals surface area contributed by atoms with Crippen LogP contribution in [0, 0.1) is 0 Å². The van der Waals surface area contributed by atoms with Crippen molar-refractivity contribution in [2.24, 2.45) is 0 Å². The van der Waals surface area contributed by atoms with Crippen LogP contribution in [0.15, 0.2) is 35.9 Å². The summed E-state index contributed by atoms with van der Waals surface area (Å²) < 4.78 is 17.8. The van der Waals surface area contributed by atoms with E-state index in [9.17, 15) is 0 Å². The van der Waals surface area contributed by atoms with Gasteiger partial charge in [0.05, 0.1) is 7.11 Å². The van der Waals surface area contributed by atoms with Crippen LogP contribution in [0.3, 0.4) is 0 Å². The summed E-state index contributed by atoms with van der Waals surface area (Å²) in [4.78, 5) is 2.57. The third kappa shape index (κ3) is 9.38. The van der Waals surface area contributed by atoms with Crippen molar-refractivity contribution in [2.45, 2.75) is 98.6 Å². The molecule has 0 saturated heterocycles. The van der Waals surface area contributed by atoms with Crippen LogP contribution in [0.5, 0.6) is 5.75 Å². The average Bonchev–Trinajstić information content (AvgIpc) is 2.83. The number of hydrogen-bond acceptors (Lipinski definition) is 3. The summed E-state index contributed by atoms with van der Waals surface area (Å²) in [5.41, 5.74) is 2.85. The molecule has 1 atom stereocenters. The molecule has 1 aromatic rings. The van der Waals surface area contributed by atoms with Gasteiger partial charge in [-0.3, -0.25) is 0 Å². The second kappa shape index (κ2) is 15.4. The number of ether oxygens (including phenoxy) is 2. The first-order valence-corrected chi connectivity index (χ1v) is 21.3. The Balaban J connectivity index is 1.95. The first-order valence-electron chi connectivity index (χ1n) is 13.2. The minimum atomic E-state index is -2.23. The van der Waals surface area contributed by atoms with Gasteiger partial charge in [-0.25, -0.2) is 0 Å². The molecule has 0 spiro atoms. The van der Waals surface area contributed by atoms with E-state index >= 15 is 0 Å². The molecule has 182 valence electrons. The number of nitrogens with zero attached hydrogens (tertiary/aromatic N) is 1. The fourth-order valence-electron chi connectivity index (χ4n) is 4.91. The Kier molecular flexibility index (Phi) is 13.3. The monoisotopic (exact) mass is 551 g/mol. The summed E-state index contributed by atoms with van der Waals surface area (Å²) in [6.45, 7) is 12.5. The number of methoxy groups -OCH3 is 1. The van der Waals surface area contributed by atoms with E-state index in [1.807, 2.05) is 0 Å². The topological polar surface area (TPSA) is 21.7 Å². The molecule has 4 heteroatoms. The van der Waals surface area contributed by atoms with Crippen LogP contribution in [0.1, 0.15) is 78.2 Å². The maximum atomic E-state index is 6.75. The molecule has 0 bridgehead atoms. The van der Waals surface area contributed by atoms with Crippen LogP contribution in [-0.4, -0.2) is 54.2 Å². The van der Waals surface area contributed by atoms with Crippen molar-refractivity contribution >= 4 is 18.4 Å². The van der Waals surface area contributed by atoms with Crippen molar-refractivity contribution in [2.75, 3.05) is 24.8 Å². The molecule has 1 aliphatic rings. The molecule has 0 aromatic heterocycles. The molecule has 0 aliphatic carbocycles. The molecule has 3 nitrogen and oxygen atoms in total. The first kappa shape index (κ1) is 27.7. The zero-order valence-electron chi connectivity index (χ0n) is 21.6. The normalized spacial score (nSPS) is 16.1. The number of benzene rings is 1. The summed E-state index contributed by atoms with van der Waals surface area (Å²) in [7, 11) is 1.73. The van der Waals surface area contributed by atoms with Crippen molar-refractivity contribution < 1.29 is 9.47 Å². The molecule has 0 N–H and O–H groups in total. The molecule has 1 aliphatic heterocycles. The molecular weight excluding hydrogens is 501 g/mol. The molecule has 0 radical (unpaired) electrons. The Bertz CT molecular complexity index is 636. The summed E-state index contributed by atoms with van der Waals surface area (Å²) in [5, 5.41) is 0. The van der Waals surface area contributed by atoms with Gasteiger partial charge in [0.1, 0.15) is 0 Å². The quantitative estimate of drug-likeness (QED) is 0.156. The van der Waals surface area contributed by atoms with Crippen molar-refractivity contribution in [3.05, 3.63) is 41.5 Å². The van der Waals surface area contributed by atoms with E-state index in [1.54, 1.807) is 7.11 Å². The molecule has 0 amide bonds. The van der Waals surface area contributed by atoms with Crippen LogP contribution in [0.4, 0.5) is 0 Å². The van der Waals surface area contributed by atoms with E-state index < -0.39 is 18.4 Å². The van der Waals surface area contributed by atoms with Crippen molar-refractivity contribution in [3.8, 4) is 5.75 Å². The van der Waals surface area contributed by atoms with E-state index in [-0.39, 0.29) is 6.10 Å². The van der Waals surface area contributed by atoms with E-state index in [4.69, 9.17) is 9.47 Å². The van der Waals surface area contributed by atoms with Crippen molar-refractivity contribution in [3.63, 3.8) is 0 Å². The Morgan fingerprint density at radius 3 is 2.06 bits per heavy atom. The Morgan fingerprint density at radius 1 is 0.938 bits per heavy atom. The second-order valence-corrected chi connectivity index (χ2v) is 23.6. The van der Waals surface area contributed by atoms with Gasteiger partial charge in [-0.1, -0.05) is 0 Å². The molecule has 1 heterocycles. The van der Waals surface area contributed by atoms with Crippen LogP contribution in [-0.2, 0) is 11.3 Å². The van der Waals surface area contributed by atoms with Gasteiger partial charge in [0.15, 0.2) is 0 Å². The first-order chi connectivity index (χ1) is 15.6. The predicted molar refractivity (Wildman–Crippen MR) is 141 cm³/mol. The zero-order valence-corrected chi connectivity index (χ0v) is 24.5.